The lowest BCUT2D eigenvalue weighted by molar-refractivity contribution is 0.368. The molecule has 0 bridgehead atoms. The molecular weight excluding hydrogens is 228 g/mol. The van der Waals surface area contributed by atoms with Crippen LogP contribution in [0.25, 0.3) is 11.0 Å². The standard InChI is InChI=1S/C13H14N4O/c14-8-9-2-1-3-11-12(9)16-13(18)17(11)10-4-6-15-7-5-10/h1-3,10,15H,4-7H2,(H,16,18). The van der Waals surface area contributed by atoms with Gasteiger partial charge < -0.3 is 10.3 Å². The van der Waals surface area contributed by atoms with Gasteiger partial charge in [0, 0.05) is 6.04 Å². The molecule has 3 rings (SSSR count). The predicted octanol–water partition coefficient (Wildman–Crippen LogP) is 1.13. The molecule has 0 amide bonds. The molecule has 1 aromatic heterocycles. The van der Waals surface area contributed by atoms with Crippen LogP contribution in [-0.2, 0) is 0 Å². The van der Waals surface area contributed by atoms with E-state index in [4.69, 9.17) is 5.26 Å². The van der Waals surface area contributed by atoms with E-state index in [0.29, 0.717) is 11.1 Å². The number of aromatic nitrogens is 2. The molecule has 1 fully saturated rings. The van der Waals surface area contributed by atoms with Gasteiger partial charge in [-0.25, -0.2) is 4.79 Å². The van der Waals surface area contributed by atoms with Gasteiger partial charge in [-0.1, -0.05) is 6.07 Å². The van der Waals surface area contributed by atoms with E-state index in [9.17, 15) is 4.79 Å². The van der Waals surface area contributed by atoms with Crippen molar-refractivity contribution in [3.63, 3.8) is 0 Å². The van der Waals surface area contributed by atoms with E-state index in [2.05, 4.69) is 16.4 Å². The number of aromatic amines is 1. The van der Waals surface area contributed by atoms with Crippen molar-refractivity contribution >= 4 is 11.0 Å². The average molecular weight is 242 g/mol. The van der Waals surface area contributed by atoms with Gasteiger partial charge in [-0.05, 0) is 38.1 Å². The highest BCUT2D eigenvalue weighted by Crippen LogP contribution is 2.23. The van der Waals surface area contributed by atoms with Crippen molar-refractivity contribution in [3.05, 3.63) is 34.2 Å². The molecule has 1 aromatic carbocycles. The monoisotopic (exact) mass is 242 g/mol. The Morgan fingerprint density at radius 2 is 2.11 bits per heavy atom. The number of nitrogens with zero attached hydrogens (tertiary/aromatic N) is 2. The summed E-state index contributed by atoms with van der Waals surface area (Å²) in [5, 5.41) is 12.3. The number of H-pyrrole nitrogens is 1. The molecule has 0 radical (unpaired) electrons. The first-order chi connectivity index (χ1) is 8.81. The molecule has 0 aliphatic carbocycles. The van der Waals surface area contributed by atoms with Gasteiger partial charge in [0.2, 0.25) is 0 Å². The third-order valence-electron chi connectivity index (χ3n) is 3.55. The number of para-hydroxylation sites is 1. The second kappa shape index (κ2) is 4.31. The fourth-order valence-electron chi connectivity index (χ4n) is 2.67. The molecule has 1 aliphatic heterocycles. The first-order valence-corrected chi connectivity index (χ1v) is 6.15. The van der Waals surface area contributed by atoms with Crippen molar-refractivity contribution in [1.29, 1.82) is 5.26 Å². The third kappa shape index (κ3) is 1.62. The number of hydrogen-bond acceptors (Lipinski definition) is 3. The zero-order chi connectivity index (χ0) is 12.5. The summed E-state index contributed by atoms with van der Waals surface area (Å²) in [6.07, 6.45) is 1.90. The molecule has 1 aliphatic rings. The minimum Gasteiger partial charge on any atom is -0.317 e. The average Bonchev–Trinajstić information content (AvgIpc) is 2.75. The summed E-state index contributed by atoms with van der Waals surface area (Å²) in [6, 6.07) is 7.79. The second-order valence-corrected chi connectivity index (χ2v) is 4.59. The van der Waals surface area contributed by atoms with Crippen molar-refractivity contribution in [2.75, 3.05) is 13.1 Å². The molecule has 5 heteroatoms. The molecule has 92 valence electrons. The molecular formula is C13H14N4O. The molecule has 5 nitrogen and oxygen atoms in total. The number of nitriles is 1. The molecule has 1 saturated heterocycles. The van der Waals surface area contributed by atoms with Crippen LogP contribution in [-0.4, -0.2) is 22.6 Å². The van der Waals surface area contributed by atoms with Crippen LogP contribution in [0.1, 0.15) is 24.4 Å². The Hall–Kier alpha value is -2.06. The van der Waals surface area contributed by atoms with Gasteiger partial charge in [0.15, 0.2) is 0 Å². The fraction of sp³-hybridized carbons (Fsp3) is 0.385. The molecule has 2 aromatic rings. The van der Waals surface area contributed by atoms with Gasteiger partial charge in [-0.2, -0.15) is 5.26 Å². The van der Waals surface area contributed by atoms with E-state index in [1.807, 2.05) is 12.1 Å². The number of nitrogens with one attached hydrogen (secondary N) is 2. The summed E-state index contributed by atoms with van der Waals surface area (Å²) in [7, 11) is 0. The summed E-state index contributed by atoms with van der Waals surface area (Å²) in [5.41, 5.74) is 1.91. The number of hydrogen-bond donors (Lipinski definition) is 2. The minimum absolute atomic E-state index is 0.111. The topological polar surface area (TPSA) is 73.6 Å². The van der Waals surface area contributed by atoms with Gasteiger partial charge >= 0.3 is 5.69 Å². The molecule has 0 unspecified atom stereocenters. The largest absolute Gasteiger partial charge is 0.326 e. The van der Waals surface area contributed by atoms with Crippen LogP contribution in [0.4, 0.5) is 0 Å². The van der Waals surface area contributed by atoms with Crippen molar-refractivity contribution < 1.29 is 0 Å². The maximum atomic E-state index is 12.1. The lowest BCUT2D eigenvalue weighted by Crippen LogP contribution is -2.33. The highest BCUT2D eigenvalue weighted by atomic mass is 16.1. The van der Waals surface area contributed by atoms with Crippen LogP contribution in [0.5, 0.6) is 0 Å². The van der Waals surface area contributed by atoms with E-state index in [-0.39, 0.29) is 11.7 Å². The lowest BCUT2D eigenvalue weighted by Gasteiger charge is -2.23. The SMILES string of the molecule is N#Cc1cccc2c1[nH]c(=O)n2C1CCNCC1. The Morgan fingerprint density at radius 1 is 1.33 bits per heavy atom. The van der Waals surface area contributed by atoms with Crippen LogP contribution in [0, 0.1) is 11.3 Å². The normalized spacial score (nSPS) is 16.8. The fourth-order valence-corrected chi connectivity index (χ4v) is 2.67. The maximum Gasteiger partial charge on any atom is 0.326 e. The van der Waals surface area contributed by atoms with Gasteiger partial charge in [0.1, 0.15) is 6.07 Å². The first kappa shape index (κ1) is 11.1. The molecule has 0 atom stereocenters. The number of fused-ring (bicyclic) bond motifs is 1. The van der Waals surface area contributed by atoms with Gasteiger partial charge in [-0.3, -0.25) is 4.57 Å². The minimum atomic E-state index is -0.111. The zero-order valence-corrected chi connectivity index (χ0v) is 9.94. The smallest absolute Gasteiger partial charge is 0.317 e. The number of piperidine rings is 1. The number of imidazole rings is 1. The van der Waals surface area contributed by atoms with Crippen LogP contribution in [0.15, 0.2) is 23.0 Å². The second-order valence-electron chi connectivity index (χ2n) is 4.59. The Morgan fingerprint density at radius 3 is 2.83 bits per heavy atom. The Bertz CT molecular complexity index is 670. The number of rotatable bonds is 1. The molecule has 0 spiro atoms. The van der Waals surface area contributed by atoms with E-state index in [1.165, 1.54) is 0 Å². The Balaban J connectivity index is 2.20. The third-order valence-corrected chi connectivity index (χ3v) is 3.55. The van der Waals surface area contributed by atoms with Gasteiger partial charge in [-0.15, -0.1) is 0 Å². The van der Waals surface area contributed by atoms with Crippen molar-refractivity contribution in [2.24, 2.45) is 0 Å². The summed E-state index contributed by atoms with van der Waals surface area (Å²) in [6.45, 7) is 1.86. The van der Waals surface area contributed by atoms with Crippen LogP contribution in [0.3, 0.4) is 0 Å². The molecule has 0 saturated carbocycles. The lowest BCUT2D eigenvalue weighted by atomic mass is 10.1. The first-order valence-electron chi connectivity index (χ1n) is 6.15. The van der Waals surface area contributed by atoms with Crippen LogP contribution < -0.4 is 11.0 Å². The summed E-state index contributed by atoms with van der Waals surface area (Å²) in [4.78, 5) is 14.9. The summed E-state index contributed by atoms with van der Waals surface area (Å²) >= 11 is 0. The van der Waals surface area contributed by atoms with Crippen molar-refractivity contribution in [2.45, 2.75) is 18.9 Å². The van der Waals surface area contributed by atoms with E-state index < -0.39 is 0 Å². The van der Waals surface area contributed by atoms with Crippen molar-refractivity contribution in [3.8, 4) is 6.07 Å². The Labute approximate surface area is 104 Å². The van der Waals surface area contributed by atoms with E-state index >= 15 is 0 Å². The number of benzene rings is 1. The van der Waals surface area contributed by atoms with E-state index in [0.717, 1.165) is 31.4 Å². The van der Waals surface area contributed by atoms with Crippen LogP contribution in [0.2, 0.25) is 0 Å². The molecule has 18 heavy (non-hydrogen) atoms. The highest BCUT2D eigenvalue weighted by molar-refractivity contribution is 5.81. The van der Waals surface area contributed by atoms with Crippen LogP contribution >= 0.6 is 0 Å². The maximum absolute atomic E-state index is 12.1. The van der Waals surface area contributed by atoms with E-state index in [1.54, 1.807) is 10.6 Å². The molecule has 2 heterocycles. The van der Waals surface area contributed by atoms with Crippen molar-refractivity contribution in [1.82, 2.24) is 14.9 Å². The predicted molar refractivity (Wildman–Crippen MR) is 68.4 cm³/mol. The highest BCUT2D eigenvalue weighted by Gasteiger charge is 2.20. The zero-order valence-electron chi connectivity index (χ0n) is 9.94. The molecule has 2 N–H and O–H groups in total. The Kier molecular flexibility index (Phi) is 2.65. The summed E-state index contributed by atoms with van der Waals surface area (Å²) < 4.78 is 1.80. The van der Waals surface area contributed by atoms with Gasteiger partial charge in [0.25, 0.3) is 0 Å². The summed E-state index contributed by atoms with van der Waals surface area (Å²) in [5.74, 6) is 0. The quantitative estimate of drug-likeness (QED) is 0.787. The van der Waals surface area contributed by atoms with Gasteiger partial charge in [0.05, 0.1) is 16.6 Å².